The number of halogens is 1. The van der Waals surface area contributed by atoms with Gasteiger partial charge in [-0.15, -0.1) is 0 Å². The molecule has 1 unspecified atom stereocenters. The van der Waals surface area contributed by atoms with Crippen molar-refractivity contribution in [3.05, 3.63) is 24.1 Å². The molecule has 1 atom stereocenters. The minimum absolute atomic E-state index is 0.00507. The first-order valence-corrected chi connectivity index (χ1v) is 10.0. The molecule has 3 heteroatoms. The molecule has 0 amide bonds. The highest BCUT2D eigenvalue weighted by atomic mass is 19.1. The number of ether oxygens (including phenoxy) is 2. The van der Waals surface area contributed by atoms with E-state index in [0.717, 1.165) is 38.4 Å². The second kappa shape index (κ2) is 9.15. The van der Waals surface area contributed by atoms with Crippen molar-refractivity contribution in [1.82, 2.24) is 0 Å². The molecule has 24 heavy (non-hydrogen) atoms. The normalized spacial score (nSPS) is 38.2. The van der Waals surface area contributed by atoms with Crippen molar-refractivity contribution in [2.24, 2.45) is 23.7 Å². The zero-order valence-corrected chi connectivity index (χ0v) is 15.1. The van der Waals surface area contributed by atoms with E-state index in [1.165, 1.54) is 32.1 Å². The van der Waals surface area contributed by atoms with Gasteiger partial charge in [0.15, 0.2) is 6.29 Å². The lowest BCUT2D eigenvalue weighted by Gasteiger charge is -2.39. The molecule has 1 saturated carbocycles. The van der Waals surface area contributed by atoms with E-state index in [-0.39, 0.29) is 12.1 Å². The molecule has 1 aliphatic heterocycles. The van der Waals surface area contributed by atoms with E-state index < -0.39 is 0 Å². The van der Waals surface area contributed by atoms with E-state index in [2.05, 4.69) is 19.1 Å². The van der Waals surface area contributed by atoms with Gasteiger partial charge in [-0.25, -0.2) is 4.39 Å². The number of hydrogen-bond donors (Lipinski definition) is 0. The molecule has 1 heterocycles. The van der Waals surface area contributed by atoms with Crippen LogP contribution in [0.3, 0.4) is 0 Å². The van der Waals surface area contributed by atoms with Crippen LogP contribution in [0.1, 0.15) is 64.7 Å². The molecule has 0 radical (unpaired) electrons. The topological polar surface area (TPSA) is 18.5 Å². The quantitative estimate of drug-likeness (QED) is 0.591. The molecular formula is C21H33FO2. The fraction of sp³-hybridized carbons (Fsp3) is 0.810. The van der Waals surface area contributed by atoms with Gasteiger partial charge in [0.25, 0.3) is 0 Å². The zero-order chi connectivity index (χ0) is 16.8. The van der Waals surface area contributed by atoms with E-state index in [9.17, 15) is 4.39 Å². The maximum atomic E-state index is 13.2. The van der Waals surface area contributed by atoms with Crippen LogP contribution in [-0.4, -0.2) is 19.5 Å². The first-order chi connectivity index (χ1) is 11.8. The highest BCUT2D eigenvalue weighted by Gasteiger charge is 2.34. The Labute approximate surface area is 146 Å². The lowest BCUT2D eigenvalue weighted by atomic mass is 9.72. The van der Waals surface area contributed by atoms with Gasteiger partial charge in [0.05, 0.1) is 19.0 Å². The summed E-state index contributed by atoms with van der Waals surface area (Å²) in [5, 5.41) is 0. The molecule has 0 N–H and O–H groups in total. The van der Waals surface area contributed by atoms with Crippen molar-refractivity contribution in [1.29, 1.82) is 0 Å². The van der Waals surface area contributed by atoms with Crippen LogP contribution in [0.25, 0.3) is 0 Å². The van der Waals surface area contributed by atoms with E-state index >= 15 is 0 Å². The SMILES string of the molecule is CCC/C=C/[C@H]1CO[C@H]([C@H]2CC[C@H](C3CC=C(F)CC3)CC2)OC1. The Morgan fingerprint density at radius 1 is 1.04 bits per heavy atom. The standard InChI is InChI=1S/C21H33FO2/c1-2-3-4-5-16-14-23-21(24-15-16)19-8-6-17(7-9-19)18-10-12-20(22)13-11-18/h4-5,12,16-19,21H,2-3,6-11,13-15H2,1H3/b5-4+/t16-,17-,18?,19-,21-. The fourth-order valence-corrected chi connectivity index (χ4v) is 4.51. The molecule has 2 aliphatic carbocycles. The summed E-state index contributed by atoms with van der Waals surface area (Å²) in [5.41, 5.74) is 0. The molecule has 3 rings (SSSR count). The highest BCUT2D eigenvalue weighted by Crippen LogP contribution is 2.41. The predicted molar refractivity (Wildman–Crippen MR) is 95.2 cm³/mol. The highest BCUT2D eigenvalue weighted by molar-refractivity contribution is 4.99. The lowest BCUT2D eigenvalue weighted by molar-refractivity contribution is -0.223. The van der Waals surface area contributed by atoms with Gasteiger partial charge < -0.3 is 9.47 Å². The van der Waals surface area contributed by atoms with Crippen LogP contribution in [0, 0.1) is 23.7 Å². The maximum Gasteiger partial charge on any atom is 0.160 e. The van der Waals surface area contributed by atoms with Crippen molar-refractivity contribution in [3.8, 4) is 0 Å². The summed E-state index contributed by atoms with van der Waals surface area (Å²) < 4.78 is 25.2. The van der Waals surface area contributed by atoms with Crippen LogP contribution in [0.4, 0.5) is 4.39 Å². The van der Waals surface area contributed by atoms with Gasteiger partial charge in [0, 0.05) is 11.8 Å². The number of allylic oxidation sites excluding steroid dienone is 3. The molecule has 0 aromatic heterocycles. The monoisotopic (exact) mass is 336 g/mol. The van der Waals surface area contributed by atoms with E-state index in [1.807, 2.05) is 6.08 Å². The average Bonchev–Trinajstić information content (AvgIpc) is 2.63. The predicted octanol–water partition coefficient (Wildman–Crippen LogP) is 5.79. The Morgan fingerprint density at radius 3 is 2.38 bits per heavy atom. The van der Waals surface area contributed by atoms with Crippen LogP contribution < -0.4 is 0 Å². The van der Waals surface area contributed by atoms with Crippen LogP contribution in [-0.2, 0) is 9.47 Å². The molecule has 0 bridgehead atoms. The van der Waals surface area contributed by atoms with Crippen LogP contribution in [0.15, 0.2) is 24.1 Å². The summed E-state index contributed by atoms with van der Waals surface area (Å²) in [6, 6.07) is 0. The second-order valence-corrected chi connectivity index (χ2v) is 7.87. The third-order valence-corrected chi connectivity index (χ3v) is 6.08. The number of rotatable bonds is 5. The Kier molecular flexibility index (Phi) is 6.91. The first-order valence-electron chi connectivity index (χ1n) is 10.0. The molecule has 2 fully saturated rings. The van der Waals surface area contributed by atoms with Gasteiger partial charge in [-0.05, 0) is 63.2 Å². The third kappa shape index (κ3) is 4.92. The van der Waals surface area contributed by atoms with Gasteiger partial charge in [-0.3, -0.25) is 0 Å². The first kappa shape index (κ1) is 18.1. The molecule has 2 nitrogen and oxygen atoms in total. The summed E-state index contributed by atoms with van der Waals surface area (Å²) in [4.78, 5) is 0. The Morgan fingerprint density at radius 2 is 1.75 bits per heavy atom. The largest absolute Gasteiger partial charge is 0.352 e. The summed E-state index contributed by atoms with van der Waals surface area (Å²) in [5.74, 6) is 2.56. The fourth-order valence-electron chi connectivity index (χ4n) is 4.51. The summed E-state index contributed by atoms with van der Waals surface area (Å²) >= 11 is 0. The molecule has 0 aromatic carbocycles. The molecule has 1 saturated heterocycles. The summed E-state index contributed by atoms with van der Waals surface area (Å²) in [6.07, 6.45) is 16.2. The van der Waals surface area contributed by atoms with E-state index in [0.29, 0.717) is 24.2 Å². The zero-order valence-electron chi connectivity index (χ0n) is 15.1. The van der Waals surface area contributed by atoms with Gasteiger partial charge >= 0.3 is 0 Å². The summed E-state index contributed by atoms with van der Waals surface area (Å²) in [6.45, 7) is 3.81. The minimum atomic E-state index is 0.00507. The van der Waals surface area contributed by atoms with Crippen LogP contribution in [0.5, 0.6) is 0 Å². The molecule has 0 aromatic rings. The van der Waals surface area contributed by atoms with Crippen molar-refractivity contribution in [3.63, 3.8) is 0 Å². The third-order valence-electron chi connectivity index (χ3n) is 6.08. The molecule has 3 aliphatic rings. The van der Waals surface area contributed by atoms with Crippen LogP contribution in [0.2, 0.25) is 0 Å². The average molecular weight is 336 g/mol. The Balaban J connectivity index is 1.38. The second-order valence-electron chi connectivity index (χ2n) is 7.87. The van der Waals surface area contributed by atoms with Crippen LogP contribution >= 0.6 is 0 Å². The lowest BCUT2D eigenvalue weighted by Crippen LogP contribution is -2.38. The van der Waals surface area contributed by atoms with Crippen molar-refractivity contribution >= 4 is 0 Å². The Hall–Kier alpha value is -0.670. The van der Waals surface area contributed by atoms with E-state index in [1.54, 1.807) is 0 Å². The minimum Gasteiger partial charge on any atom is -0.352 e. The Bertz CT molecular complexity index is 429. The number of unbranched alkanes of at least 4 members (excludes halogenated alkanes) is 1. The smallest absolute Gasteiger partial charge is 0.160 e. The van der Waals surface area contributed by atoms with Crippen molar-refractivity contribution in [2.45, 2.75) is 71.0 Å². The molecule has 136 valence electrons. The van der Waals surface area contributed by atoms with E-state index in [4.69, 9.17) is 9.47 Å². The van der Waals surface area contributed by atoms with Crippen molar-refractivity contribution in [2.75, 3.05) is 13.2 Å². The van der Waals surface area contributed by atoms with Crippen molar-refractivity contribution < 1.29 is 13.9 Å². The van der Waals surface area contributed by atoms with Gasteiger partial charge in [-0.2, -0.15) is 0 Å². The van der Waals surface area contributed by atoms with Gasteiger partial charge in [-0.1, -0.05) is 31.6 Å². The molecular weight excluding hydrogens is 303 g/mol. The number of hydrogen-bond acceptors (Lipinski definition) is 2. The summed E-state index contributed by atoms with van der Waals surface area (Å²) in [7, 11) is 0. The maximum absolute atomic E-state index is 13.2. The molecule has 0 spiro atoms. The van der Waals surface area contributed by atoms with Gasteiger partial charge in [0.1, 0.15) is 0 Å². The van der Waals surface area contributed by atoms with Gasteiger partial charge in [0.2, 0.25) is 0 Å².